The van der Waals surface area contributed by atoms with Crippen LogP contribution in [-0.4, -0.2) is 21.0 Å². The van der Waals surface area contributed by atoms with Gasteiger partial charge in [0, 0.05) is 6.04 Å². The van der Waals surface area contributed by atoms with Gasteiger partial charge >= 0.3 is 5.97 Å². The lowest BCUT2D eigenvalue weighted by atomic mass is 9.87. The van der Waals surface area contributed by atoms with Gasteiger partial charge in [-0.05, 0) is 70.6 Å². The Hall–Kier alpha value is -1.20. The molecule has 148 valence electrons. The molecule has 4 nitrogen and oxygen atoms in total. The topological polar surface area (TPSA) is 55.4 Å². The fourth-order valence-electron chi connectivity index (χ4n) is 2.31. The molecule has 1 aromatic rings. The molecule has 0 amide bonds. The molecule has 0 aliphatic carbocycles. The average molecular weight is 382 g/mol. The smallest absolute Gasteiger partial charge is 0.338 e. The van der Waals surface area contributed by atoms with Crippen molar-refractivity contribution in [2.24, 2.45) is 5.41 Å². The number of hydrogen-bond acceptors (Lipinski definition) is 3. The molecule has 1 rings (SSSR count). The van der Waals surface area contributed by atoms with Gasteiger partial charge in [-0.15, -0.1) is 0 Å². The molecule has 2 unspecified atom stereocenters. The third-order valence-corrected chi connectivity index (χ3v) is 5.49. The van der Waals surface area contributed by atoms with Crippen LogP contribution in [0.15, 0.2) is 24.3 Å². The zero-order valence-electron chi connectivity index (χ0n) is 17.5. The minimum absolute atomic E-state index is 0.0237. The van der Waals surface area contributed by atoms with Gasteiger partial charge in [-0.3, -0.25) is 0 Å². The number of benzene rings is 1. The normalized spacial score (nSPS) is 15.0. The van der Waals surface area contributed by atoms with Gasteiger partial charge in [0.25, 0.3) is 0 Å². The van der Waals surface area contributed by atoms with Gasteiger partial charge in [0.1, 0.15) is 0 Å². The highest BCUT2D eigenvalue weighted by atomic mass is 32.2. The lowest BCUT2D eigenvalue weighted by Crippen LogP contribution is -2.36. The van der Waals surface area contributed by atoms with Crippen LogP contribution in [0.3, 0.4) is 0 Å². The number of nitrogens with one attached hydrogen (secondary N) is 1. The minimum Gasteiger partial charge on any atom is -0.459 e. The van der Waals surface area contributed by atoms with Crippen LogP contribution in [0.25, 0.3) is 0 Å². The molecule has 0 aliphatic heterocycles. The van der Waals surface area contributed by atoms with Crippen molar-refractivity contribution in [3.8, 4) is 0 Å². The second kappa shape index (κ2) is 9.14. The van der Waals surface area contributed by atoms with Gasteiger partial charge in [0.15, 0.2) is 0 Å². The van der Waals surface area contributed by atoms with Crippen molar-refractivity contribution in [3.05, 3.63) is 35.4 Å². The van der Waals surface area contributed by atoms with Gasteiger partial charge < -0.3 is 4.74 Å². The van der Waals surface area contributed by atoms with E-state index in [1.54, 1.807) is 12.1 Å². The first kappa shape index (κ1) is 22.8. The zero-order valence-corrected chi connectivity index (χ0v) is 18.3. The van der Waals surface area contributed by atoms with Crippen LogP contribution in [0, 0.1) is 5.41 Å². The van der Waals surface area contributed by atoms with E-state index < -0.39 is 11.0 Å². The van der Waals surface area contributed by atoms with Crippen molar-refractivity contribution < 1.29 is 13.7 Å². The van der Waals surface area contributed by atoms with Crippen LogP contribution >= 0.6 is 0 Å². The Kier molecular flexibility index (Phi) is 8.03. The summed E-state index contributed by atoms with van der Waals surface area (Å²) in [4.78, 5) is 12.0. The number of rotatable bonds is 7. The highest BCUT2D eigenvalue weighted by Gasteiger charge is 2.25. The molecule has 0 heterocycles. The summed E-state index contributed by atoms with van der Waals surface area (Å²) in [6.07, 6.45) is 1.74. The molecule has 0 bridgehead atoms. The highest BCUT2D eigenvalue weighted by molar-refractivity contribution is 7.84. The first-order valence-electron chi connectivity index (χ1n) is 9.28. The Balaban J connectivity index is 2.98. The summed E-state index contributed by atoms with van der Waals surface area (Å²) in [6, 6.07) is 7.40. The highest BCUT2D eigenvalue weighted by Crippen LogP contribution is 2.29. The first-order chi connectivity index (χ1) is 11.8. The number of carbonyl (C=O) groups excluding carboxylic acids is 1. The van der Waals surface area contributed by atoms with Gasteiger partial charge in [-0.25, -0.2) is 13.7 Å². The van der Waals surface area contributed by atoms with Crippen molar-refractivity contribution >= 4 is 17.0 Å². The van der Waals surface area contributed by atoms with Crippen LogP contribution in [0.5, 0.6) is 0 Å². The summed E-state index contributed by atoms with van der Waals surface area (Å²) in [7, 11) is -1.16. The van der Waals surface area contributed by atoms with Crippen molar-refractivity contribution in [2.75, 3.05) is 0 Å². The van der Waals surface area contributed by atoms with E-state index in [2.05, 4.69) is 25.5 Å². The molecule has 0 aliphatic rings. The molecular formula is C21H35NO3S. The molecule has 0 radical (unpaired) electrons. The molecule has 1 N–H and O–H groups in total. The van der Waals surface area contributed by atoms with Crippen LogP contribution < -0.4 is 4.72 Å². The Bertz CT molecular complexity index is 610. The van der Waals surface area contributed by atoms with Crippen LogP contribution in [-0.2, 0) is 15.7 Å². The van der Waals surface area contributed by atoms with E-state index in [-0.39, 0.29) is 28.3 Å². The largest absolute Gasteiger partial charge is 0.459 e. The third-order valence-electron chi connectivity index (χ3n) is 3.88. The van der Waals surface area contributed by atoms with E-state index >= 15 is 0 Å². The average Bonchev–Trinajstić information content (AvgIpc) is 2.48. The SMILES string of the molecule is CC(C)OC(=O)c1ccc(C(CCC(C)(C)C)NS(=O)C(C)(C)C)cc1. The van der Waals surface area contributed by atoms with Gasteiger partial charge in [-0.2, -0.15) is 0 Å². The maximum absolute atomic E-state index is 12.6. The summed E-state index contributed by atoms with van der Waals surface area (Å²) in [5, 5.41) is 0. The molecule has 2 atom stereocenters. The fourth-order valence-corrected chi connectivity index (χ4v) is 3.18. The quantitative estimate of drug-likeness (QED) is 0.663. The number of hydrogen-bond donors (Lipinski definition) is 1. The number of carbonyl (C=O) groups is 1. The second-order valence-electron chi connectivity index (χ2n) is 9.23. The van der Waals surface area contributed by atoms with E-state index in [1.165, 1.54) is 0 Å². The zero-order chi connectivity index (χ0) is 20.1. The molecule has 5 heteroatoms. The molecule has 0 aromatic heterocycles. The summed E-state index contributed by atoms with van der Waals surface area (Å²) in [6.45, 7) is 16.2. The van der Waals surface area contributed by atoms with E-state index in [9.17, 15) is 9.00 Å². The summed E-state index contributed by atoms with van der Waals surface area (Å²) in [5.41, 5.74) is 1.77. The molecule has 0 saturated heterocycles. The summed E-state index contributed by atoms with van der Waals surface area (Å²) >= 11 is 0. The lowest BCUT2D eigenvalue weighted by molar-refractivity contribution is 0.0378. The van der Waals surface area contributed by atoms with Crippen LogP contribution in [0.1, 0.15) is 90.2 Å². The van der Waals surface area contributed by atoms with E-state index in [0.717, 1.165) is 18.4 Å². The van der Waals surface area contributed by atoms with Gasteiger partial charge in [0.05, 0.1) is 27.4 Å². The number of esters is 1. The minimum atomic E-state index is -1.16. The molecular weight excluding hydrogens is 346 g/mol. The third kappa shape index (κ3) is 8.00. The Labute approximate surface area is 161 Å². The molecule has 0 saturated carbocycles. The van der Waals surface area contributed by atoms with E-state index in [4.69, 9.17) is 4.74 Å². The predicted octanol–water partition coefficient (Wildman–Crippen LogP) is 5.17. The monoisotopic (exact) mass is 381 g/mol. The Morgan fingerprint density at radius 2 is 1.62 bits per heavy atom. The van der Waals surface area contributed by atoms with Crippen LogP contribution in [0.2, 0.25) is 0 Å². The maximum atomic E-state index is 12.6. The molecule has 0 fully saturated rings. The second-order valence-corrected chi connectivity index (χ2v) is 11.2. The predicted molar refractivity (Wildman–Crippen MR) is 109 cm³/mol. The first-order valence-corrected chi connectivity index (χ1v) is 10.4. The van der Waals surface area contributed by atoms with Gasteiger partial charge in [-0.1, -0.05) is 32.9 Å². The summed E-state index contributed by atoms with van der Waals surface area (Å²) < 4.78 is 20.8. The van der Waals surface area contributed by atoms with E-state index in [1.807, 2.05) is 46.8 Å². The van der Waals surface area contributed by atoms with E-state index in [0.29, 0.717) is 5.56 Å². The van der Waals surface area contributed by atoms with Crippen LogP contribution in [0.4, 0.5) is 0 Å². The Morgan fingerprint density at radius 3 is 2.04 bits per heavy atom. The standard InChI is InChI=1S/C21H35NO3S/c1-15(2)25-19(23)17-11-9-16(10-12-17)18(13-14-20(3,4)5)22-26(24)21(6,7)8/h9-12,15,18,22H,13-14H2,1-8H3. The van der Waals surface area contributed by atoms with Crippen molar-refractivity contribution in [2.45, 2.75) is 85.1 Å². The van der Waals surface area contributed by atoms with Gasteiger partial charge in [0.2, 0.25) is 0 Å². The number of ether oxygens (including phenoxy) is 1. The summed E-state index contributed by atoms with van der Waals surface area (Å²) in [5.74, 6) is -0.316. The van der Waals surface area contributed by atoms with Crippen molar-refractivity contribution in [1.29, 1.82) is 0 Å². The van der Waals surface area contributed by atoms with Crippen molar-refractivity contribution in [3.63, 3.8) is 0 Å². The molecule has 26 heavy (non-hydrogen) atoms. The Morgan fingerprint density at radius 1 is 1.08 bits per heavy atom. The maximum Gasteiger partial charge on any atom is 0.338 e. The lowest BCUT2D eigenvalue weighted by Gasteiger charge is -2.27. The van der Waals surface area contributed by atoms with Crippen molar-refractivity contribution in [1.82, 2.24) is 4.72 Å². The molecule has 0 spiro atoms. The molecule has 1 aromatic carbocycles. The fraction of sp³-hybridized carbons (Fsp3) is 0.667.